The molecule has 0 saturated carbocycles. The molecule has 19 heavy (non-hydrogen) atoms. The number of rotatable bonds is 4. The van der Waals surface area contributed by atoms with E-state index in [1.54, 1.807) is 17.5 Å². The fourth-order valence-corrected chi connectivity index (χ4v) is 2.24. The predicted octanol–water partition coefficient (Wildman–Crippen LogP) is 1.37. The molecule has 0 amide bonds. The normalized spacial score (nSPS) is 10.4. The first-order valence-corrected chi connectivity index (χ1v) is 6.30. The van der Waals surface area contributed by atoms with Crippen LogP contribution in [-0.4, -0.2) is 26.9 Å². The van der Waals surface area contributed by atoms with E-state index in [9.17, 15) is 10.1 Å². The van der Waals surface area contributed by atoms with Gasteiger partial charge in [-0.1, -0.05) is 0 Å². The summed E-state index contributed by atoms with van der Waals surface area (Å²) in [5.41, 5.74) is 8.19. The molecule has 2 aromatic heterocycles. The van der Waals surface area contributed by atoms with Gasteiger partial charge in [-0.2, -0.15) is 4.98 Å². The van der Waals surface area contributed by atoms with Gasteiger partial charge in [0.2, 0.25) is 11.8 Å². The van der Waals surface area contributed by atoms with Gasteiger partial charge in [0.25, 0.3) is 0 Å². The summed E-state index contributed by atoms with van der Waals surface area (Å²) in [6.45, 7) is 1.95. The maximum absolute atomic E-state index is 11.1. The Morgan fingerprint density at radius 2 is 2.26 bits per heavy atom. The fraction of sp³-hybridized carbons (Fsp3) is 0.300. The van der Waals surface area contributed by atoms with E-state index in [1.807, 2.05) is 5.38 Å². The molecular formula is C10H12N6O2S. The lowest BCUT2D eigenvalue weighted by molar-refractivity contribution is -0.385. The summed E-state index contributed by atoms with van der Waals surface area (Å²) >= 11 is 1.46. The van der Waals surface area contributed by atoms with E-state index >= 15 is 0 Å². The molecule has 2 rings (SSSR count). The van der Waals surface area contributed by atoms with Crippen LogP contribution in [0.25, 0.3) is 0 Å². The molecule has 100 valence electrons. The molecule has 0 unspecified atom stereocenters. The van der Waals surface area contributed by atoms with Crippen LogP contribution in [0.5, 0.6) is 0 Å². The molecule has 0 saturated heterocycles. The summed E-state index contributed by atoms with van der Waals surface area (Å²) in [4.78, 5) is 24.2. The molecule has 9 heteroatoms. The van der Waals surface area contributed by atoms with Crippen molar-refractivity contribution < 1.29 is 4.92 Å². The third-order valence-electron chi connectivity index (χ3n) is 2.48. The van der Waals surface area contributed by atoms with Crippen LogP contribution in [-0.2, 0) is 6.54 Å². The van der Waals surface area contributed by atoms with Crippen LogP contribution < -0.4 is 10.6 Å². The Hall–Kier alpha value is -2.29. The summed E-state index contributed by atoms with van der Waals surface area (Å²) in [6.07, 6.45) is 0. The fourth-order valence-electron chi connectivity index (χ4n) is 1.69. The first-order chi connectivity index (χ1) is 8.99. The molecule has 0 atom stereocenters. The van der Waals surface area contributed by atoms with Crippen molar-refractivity contribution in [2.24, 2.45) is 0 Å². The number of nitrogens with zero attached hydrogens (tertiary/aromatic N) is 5. The zero-order chi connectivity index (χ0) is 14.0. The average Bonchev–Trinajstić information content (AvgIpc) is 2.79. The lowest BCUT2D eigenvalue weighted by Gasteiger charge is -2.17. The number of hydrogen-bond donors (Lipinski definition) is 1. The van der Waals surface area contributed by atoms with Crippen molar-refractivity contribution in [3.8, 4) is 0 Å². The van der Waals surface area contributed by atoms with Crippen LogP contribution in [0.4, 0.5) is 17.5 Å². The average molecular weight is 280 g/mol. The summed E-state index contributed by atoms with van der Waals surface area (Å²) in [7, 11) is 1.70. The van der Waals surface area contributed by atoms with Crippen molar-refractivity contribution in [1.29, 1.82) is 0 Å². The molecule has 2 N–H and O–H groups in total. The highest BCUT2D eigenvalue weighted by atomic mass is 32.1. The number of nitrogens with two attached hydrogens (primary N) is 1. The standard InChI is InChI=1S/C10H12N6O2S/c1-6-8(16(17)18)9(14-10(11)13-6)15(2)3-7-4-19-5-12-7/h4-5H,3H2,1-2H3,(H2,11,13,14). The van der Waals surface area contributed by atoms with Crippen molar-refractivity contribution in [1.82, 2.24) is 15.0 Å². The van der Waals surface area contributed by atoms with Crippen molar-refractivity contribution in [2.45, 2.75) is 13.5 Å². The molecule has 0 aliphatic carbocycles. The lowest BCUT2D eigenvalue weighted by atomic mass is 10.3. The molecule has 2 heterocycles. The van der Waals surface area contributed by atoms with E-state index in [-0.39, 0.29) is 23.1 Å². The second kappa shape index (κ2) is 5.14. The third-order valence-corrected chi connectivity index (χ3v) is 3.12. The quantitative estimate of drug-likeness (QED) is 0.664. The van der Waals surface area contributed by atoms with Crippen molar-refractivity contribution in [3.63, 3.8) is 0 Å². The van der Waals surface area contributed by atoms with Gasteiger partial charge >= 0.3 is 5.69 Å². The number of aromatic nitrogens is 3. The third kappa shape index (κ3) is 2.76. The Labute approximate surface area is 113 Å². The van der Waals surface area contributed by atoms with E-state index < -0.39 is 4.92 Å². The van der Waals surface area contributed by atoms with E-state index in [4.69, 9.17) is 5.73 Å². The number of nitrogen functional groups attached to an aromatic ring is 1. The van der Waals surface area contributed by atoms with E-state index in [2.05, 4.69) is 15.0 Å². The molecule has 0 aliphatic heterocycles. The topological polar surface area (TPSA) is 111 Å². The largest absolute Gasteiger partial charge is 0.368 e. The second-order valence-corrected chi connectivity index (χ2v) is 4.65. The predicted molar refractivity (Wildman–Crippen MR) is 72.1 cm³/mol. The molecule has 8 nitrogen and oxygen atoms in total. The van der Waals surface area contributed by atoms with Crippen LogP contribution in [0, 0.1) is 17.0 Å². The zero-order valence-corrected chi connectivity index (χ0v) is 11.2. The SMILES string of the molecule is Cc1nc(N)nc(N(C)Cc2cscn2)c1[N+](=O)[O-]. The molecule has 0 spiro atoms. The highest BCUT2D eigenvalue weighted by Crippen LogP contribution is 2.29. The smallest absolute Gasteiger partial charge is 0.332 e. The molecule has 0 radical (unpaired) electrons. The second-order valence-electron chi connectivity index (χ2n) is 3.93. The minimum absolute atomic E-state index is 0.0169. The van der Waals surface area contributed by atoms with Gasteiger partial charge in [-0.25, -0.2) is 9.97 Å². The van der Waals surface area contributed by atoms with Crippen LogP contribution >= 0.6 is 11.3 Å². The highest BCUT2D eigenvalue weighted by Gasteiger charge is 2.24. The molecule has 0 fully saturated rings. The van der Waals surface area contributed by atoms with Crippen molar-refractivity contribution >= 4 is 28.8 Å². The summed E-state index contributed by atoms with van der Waals surface area (Å²) in [6, 6.07) is 0. The summed E-state index contributed by atoms with van der Waals surface area (Å²) in [5.74, 6) is 0.214. The zero-order valence-electron chi connectivity index (χ0n) is 10.4. The van der Waals surface area contributed by atoms with Gasteiger partial charge in [-0.05, 0) is 6.92 Å². The Balaban J connectivity index is 2.40. The molecule has 0 aromatic carbocycles. The molecule has 0 bridgehead atoms. The van der Waals surface area contributed by atoms with Crippen LogP contribution in [0.1, 0.15) is 11.4 Å². The first kappa shape index (κ1) is 13.1. The van der Waals surface area contributed by atoms with Crippen LogP contribution in [0.2, 0.25) is 0 Å². The summed E-state index contributed by atoms with van der Waals surface area (Å²) in [5, 5.41) is 13.0. The maximum Gasteiger partial charge on any atom is 0.332 e. The first-order valence-electron chi connectivity index (χ1n) is 5.35. The van der Waals surface area contributed by atoms with Crippen LogP contribution in [0.15, 0.2) is 10.9 Å². The minimum Gasteiger partial charge on any atom is -0.368 e. The van der Waals surface area contributed by atoms with Gasteiger partial charge in [-0.15, -0.1) is 11.3 Å². The number of aryl methyl sites for hydroxylation is 1. The maximum atomic E-state index is 11.1. The Morgan fingerprint density at radius 3 is 2.84 bits per heavy atom. The lowest BCUT2D eigenvalue weighted by Crippen LogP contribution is -2.21. The Kier molecular flexibility index (Phi) is 3.56. The number of thiazole rings is 1. The molecule has 0 aliphatic rings. The molecular weight excluding hydrogens is 268 g/mol. The Morgan fingerprint density at radius 1 is 1.53 bits per heavy atom. The summed E-state index contributed by atoms with van der Waals surface area (Å²) < 4.78 is 0. The van der Waals surface area contributed by atoms with Gasteiger partial charge in [0.1, 0.15) is 5.69 Å². The van der Waals surface area contributed by atoms with Gasteiger partial charge in [0.05, 0.1) is 22.7 Å². The minimum atomic E-state index is -0.498. The van der Waals surface area contributed by atoms with E-state index in [1.165, 1.54) is 18.3 Å². The van der Waals surface area contributed by atoms with Crippen molar-refractivity contribution in [2.75, 3.05) is 17.7 Å². The van der Waals surface area contributed by atoms with Crippen molar-refractivity contribution in [3.05, 3.63) is 32.4 Å². The number of nitro groups is 1. The van der Waals surface area contributed by atoms with Gasteiger partial charge in [-0.3, -0.25) is 10.1 Å². The number of anilines is 2. The van der Waals surface area contributed by atoms with Gasteiger partial charge in [0, 0.05) is 12.4 Å². The van der Waals surface area contributed by atoms with E-state index in [0.29, 0.717) is 6.54 Å². The van der Waals surface area contributed by atoms with Gasteiger partial charge in [0.15, 0.2) is 0 Å². The van der Waals surface area contributed by atoms with Crippen LogP contribution in [0.3, 0.4) is 0 Å². The highest BCUT2D eigenvalue weighted by molar-refractivity contribution is 7.07. The molecule has 2 aromatic rings. The van der Waals surface area contributed by atoms with Gasteiger partial charge < -0.3 is 10.6 Å². The van der Waals surface area contributed by atoms with E-state index in [0.717, 1.165) is 5.69 Å². The number of hydrogen-bond acceptors (Lipinski definition) is 8. The monoisotopic (exact) mass is 280 g/mol. The Bertz CT molecular complexity index is 600.